The van der Waals surface area contributed by atoms with Crippen molar-refractivity contribution in [3.8, 4) is 0 Å². The molecule has 154 valence electrons. The third kappa shape index (κ3) is 5.81. The molecule has 6 nitrogen and oxygen atoms in total. The van der Waals surface area contributed by atoms with Gasteiger partial charge in [0.05, 0.1) is 6.54 Å². The van der Waals surface area contributed by atoms with Crippen LogP contribution in [0, 0.1) is 5.92 Å². The molecule has 0 aromatic heterocycles. The summed E-state index contributed by atoms with van der Waals surface area (Å²) < 4.78 is 5.64. The molecule has 28 heavy (non-hydrogen) atoms. The smallest absolute Gasteiger partial charge is 0.417 e. The summed E-state index contributed by atoms with van der Waals surface area (Å²) in [5.74, 6) is 0.804. The van der Waals surface area contributed by atoms with Crippen molar-refractivity contribution in [3.05, 3.63) is 35.9 Å². The molecule has 1 aliphatic heterocycles. The first-order chi connectivity index (χ1) is 13.1. The van der Waals surface area contributed by atoms with Crippen molar-refractivity contribution in [3.63, 3.8) is 0 Å². The van der Waals surface area contributed by atoms with Crippen LogP contribution >= 0.6 is 0 Å². The normalized spacial score (nSPS) is 19.5. The SMILES string of the molecule is CCN=C1N(Cc2ccccc2)CC(=O)C(CC(C)C)N1C(=O)OC(C)(C)C. The molecule has 0 bridgehead atoms. The van der Waals surface area contributed by atoms with E-state index in [1.54, 1.807) is 0 Å². The molecule has 0 saturated carbocycles. The number of hydrogen-bond acceptors (Lipinski definition) is 4. The van der Waals surface area contributed by atoms with Crippen molar-refractivity contribution < 1.29 is 14.3 Å². The van der Waals surface area contributed by atoms with Gasteiger partial charge >= 0.3 is 6.09 Å². The van der Waals surface area contributed by atoms with Crippen molar-refractivity contribution in [1.29, 1.82) is 0 Å². The van der Waals surface area contributed by atoms with Gasteiger partial charge in [-0.1, -0.05) is 44.2 Å². The summed E-state index contributed by atoms with van der Waals surface area (Å²) in [6, 6.07) is 9.35. The predicted octanol–water partition coefficient (Wildman–Crippen LogP) is 4.10. The van der Waals surface area contributed by atoms with Crippen molar-refractivity contribution >= 4 is 17.8 Å². The molecule has 1 aromatic rings. The lowest BCUT2D eigenvalue weighted by Crippen LogP contribution is -2.62. The molecule has 0 N–H and O–H groups in total. The van der Waals surface area contributed by atoms with E-state index in [4.69, 9.17) is 4.74 Å². The van der Waals surface area contributed by atoms with Crippen LogP contribution in [-0.2, 0) is 16.1 Å². The molecule has 1 saturated heterocycles. The van der Waals surface area contributed by atoms with Crippen LogP contribution in [0.3, 0.4) is 0 Å². The third-order valence-corrected chi connectivity index (χ3v) is 4.33. The predicted molar refractivity (Wildman–Crippen MR) is 111 cm³/mol. The van der Waals surface area contributed by atoms with Gasteiger partial charge in [0.1, 0.15) is 11.6 Å². The van der Waals surface area contributed by atoms with E-state index >= 15 is 0 Å². The van der Waals surface area contributed by atoms with Crippen molar-refractivity contribution in [2.24, 2.45) is 10.9 Å². The maximum Gasteiger partial charge on any atom is 0.417 e. The van der Waals surface area contributed by atoms with Crippen molar-refractivity contribution in [2.75, 3.05) is 13.1 Å². The second-order valence-corrected chi connectivity index (χ2v) is 8.58. The van der Waals surface area contributed by atoms with Crippen LogP contribution in [0.4, 0.5) is 4.79 Å². The Labute approximate surface area is 168 Å². The highest BCUT2D eigenvalue weighted by Crippen LogP contribution is 2.24. The number of amides is 1. The van der Waals surface area contributed by atoms with E-state index < -0.39 is 17.7 Å². The van der Waals surface area contributed by atoms with Gasteiger partial charge in [0.25, 0.3) is 0 Å². The number of hydrogen-bond donors (Lipinski definition) is 0. The highest BCUT2D eigenvalue weighted by Gasteiger charge is 2.43. The summed E-state index contributed by atoms with van der Waals surface area (Å²) in [5.41, 5.74) is 0.409. The van der Waals surface area contributed by atoms with Gasteiger partial charge in [-0.25, -0.2) is 9.69 Å². The number of carbonyl (C=O) groups is 2. The summed E-state index contributed by atoms with van der Waals surface area (Å²) in [5, 5.41) is 0. The number of ketones is 1. The molecule has 0 aliphatic carbocycles. The van der Waals surface area contributed by atoms with E-state index in [0.29, 0.717) is 25.5 Å². The monoisotopic (exact) mass is 387 g/mol. The van der Waals surface area contributed by atoms with Gasteiger partial charge in [-0.3, -0.25) is 9.79 Å². The number of rotatable bonds is 5. The first-order valence-corrected chi connectivity index (χ1v) is 10.0. The molecular weight excluding hydrogens is 354 g/mol. The van der Waals surface area contributed by atoms with Gasteiger partial charge in [-0.05, 0) is 45.6 Å². The second-order valence-electron chi connectivity index (χ2n) is 8.58. The molecule has 1 aliphatic rings. The largest absolute Gasteiger partial charge is 0.443 e. The Kier molecular flexibility index (Phi) is 7.22. The van der Waals surface area contributed by atoms with Gasteiger partial charge in [0.15, 0.2) is 5.78 Å². The van der Waals surface area contributed by atoms with Gasteiger partial charge in [-0.2, -0.15) is 0 Å². The first-order valence-electron chi connectivity index (χ1n) is 10.0. The fraction of sp³-hybridized carbons (Fsp3) is 0.591. The Balaban J connectivity index is 2.41. The standard InChI is InChI=1S/C22H33N3O3/c1-7-23-20-24(14-17-11-9-8-10-12-17)15-19(26)18(13-16(2)3)25(20)21(27)28-22(4,5)6/h8-12,16,18H,7,13-15H2,1-6H3. The van der Waals surface area contributed by atoms with Crippen molar-refractivity contribution in [1.82, 2.24) is 9.80 Å². The number of nitrogens with zero attached hydrogens (tertiary/aromatic N) is 3. The lowest BCUT2D eigenvalue weighted by molar-refractivity contribution is -0.126. The minimum absolute atomic E-state index is 0.0190. The number of guanidine groups is 1. The molecule has 1 fully saturated rings. The summed E-state index contributed by atoms with van der Waals surface area (Å²) in [6.45, 7) is 12.8. The summed E-state index contributed by atoms with van der Waals surface area (Å²) in [7, 11) is 0. The Morgan fingerprint density at radius 2 is 1.89 bits per heavy atom. The fourth-order valence-corrected chi connectivity index (χ4v) is 3.25. The highest BCUT2D eigenvalue weighted by molar-refractivity contribution is 6.05. The Morgan fingerprint density at radius 1 is 1.25 bits per heavy atom. The van der Waals surface area contributed by atoms with Gasteiger partial charge in [-0.15, -0.1) is 0 Å². The van der Waals surface area contributed by atoms with E-state index in [0.717, 1.165) is 5.56 Å². The highest BCUT2D eigenvalue weighted by atomic mass is 16.6. The zero-order chi connectivity index (χ0) is 20.9. The average Bonchev–Trinajstić information content (AvgIpc) is 2.58. The molecule has 0 radical (unpaired) electrons. The molecule has 1 amide bonds. The average molecular weight is 388 g/mol. The van der Waals surface area contributed by atoms with Gasteiger partial charge < -0.3 is 9.64 Å². The number of aliphatic imine (C=N–C) groups is 1. The zero-order valence-corrected chi connectivity index (χ0v) is 17.9. The topological polar surface area (TPSA) is 62.2 Å². The van der Waals surface area contributed by atoms with Crippen LogP contribution < -0.4 is 0 Å². The Hall–Kier alpha value is -2.37. The maximum atomic E-state index is 13.1. The molecule has 0 spiro atoms. The summed E-state index contributed by atoms with van der Waals surface area (Å²) >= 11 is 0. The molecule has 6 heteroatoms. The Morgan fingerprint density at radius 3 is 2.43 bits per heavy atom. The molecule has 1 heterocycles. The third-order valence-electron chi connectivity index (χ3n) is 4.33. The van der Waals surface area contributed by atoms with Crippen LogP contribution in [0.5, 0.6) is 0 Å². The lowest BCUT2D eigenvalue weighted by atomic mass is 9.96. The molecule has 2 rings (SSSR count). The Bertz CT molecular complexity index is 707. The first kappa shape index (κ1) is 21.9. The van der Waals surface area contributed by atoms with Crippen LogP contribution in [0.2, 0.25) is 0 Å². The van der Waals surface area contributed by atoms with Crippen molar-refractivity contribution in [2.45, 2.75) is 66.2 Å². The van der Waals surface area contributed by atoms with Gasteiger partial charge in [0.2, 0.25) is 5.96 Å². The van der Waals surface area contributed by atoms with E-state index in [1.165, 1.54) is 4.90 Å². The fourth-order valence-electron chi connectivity index (χ4n) is 3.25. The zero-order valence-electron chi connectivity index (χ0n) is 17.9. The molecular formula is C22H33N3O3. The number of carbonyl (C=O) groups excluding carboxylic acids is 2. The molecule has 1 unspecified atom stereocenters. The van der Waals surface area contributed by atoms with Crippen LogP contribution in [0.25, 0.3) is 0 Å². The summed E-state index contributed by atoms with van der Waals surface area (Å²) in [4.78, 5) is 34.0. The minimum Gasteiger partial charge on any atom is -0.443 e. The maximum absolute atomic E-state index is 13.1. The van der Waals surface area contributed by atoms with Crippen LogP contribution in [0.15, 0.2) is 35.3 Å². The van der Waals surface area contributed by atoms with E-state index in [-0.39, 0.29) is 18.2 Å². The number of benzene rings is 1. The van der Waals surface area contributed by atoms with Crippen LogP contribution in [0.1, 0.15) is 53.5 Å². The number of Topliss-reactive ketones (excluding diaryl/α,β-unsaturated/α-hetero) is 1. The number of ether oxygens (including phenoxy) is 1. The second kappa shape index (κ2) is 9.22. The van der Waals surface area contributed by atoms with E-state index in [2.05, 4.69) is 4.99 Å². The lowest BCUT2D eigenvalue weighted by Gasteiger charge is -2.42. The van der Waals surface area contributed by atoms with E-state index in [1.807, 2.05) is 76.8 Å². The van der Waals surface area contributed by atoms with E-state index in [9.17, 15) is 9.59 Å². The minimum atomic E-state index is -0.651. The van der Waals surface area contributed by atoms with Crippen LogP contribution in [-0.4, -0.2) is 52.4 Å². The quantitative estimate of drug-likeness (QED) is 0.763. The van der Waals surface area contributed by atoms with Gasteiger partial charge in [0, 0.05) is 13.1 Å². The summed E-state index contributed by atoms with van der Waals surface area (Å²) in [6.07, 6.45) is 0.0662. The molecule has 1 aromatic carbocycles. The molecule has 1 atom stereocenters.